The molecule has 0 radical (unpaired) electrons. The van der Waals surface area contributed by atoms with Gasteiger partial charge in [0, 0.05) is 25.0 Å². The second kappa shape index (κ2) is 5.67. The number of nitrogens with two attached hydrogens (primary N) is 1. The van der Waals surface area contributed by atoms with Gasteiger partial charge < -0.3 is 11.1 Å². The molecule has 0 aliphatic carbocycles. The van der Waals surface area contributed by atoms with Gasteiger partial charge in [-0.05, 0) is 26.8 Å². The zero-order chi connectivity index (χ0) is 10.4. The zero-order valence-electron chi connectivity index (χ0n) is 8.83. The first-order valence-corrected chi connectivity index (χ1v) is 4.93. The number of hydrogen-bond acceptors (Lipinski definition) is 4. The quantitative estimate of drug-likeness (QED) is 0.721. The Morgan fingerprint density at radius 3 is 2.79 bits per heavy atom. The van der Waals surface area contributed by atoms with Gasteiger partial charge >= 0.3 is 0 Å². The van der Waals surface area contributed by atoms with Gasteiger partial charge in [0.1, 0.15) is 0 Å². The summed E-state index contributed by atoms with van der Waals surface area (Å²) in [4.78, 5) is 8.43. The Balaban J connectivity index is 2.34. The van der Waals surface area contributed by atoms with Crippen molar-refractivity contribution in [3.8, 4) is 0 Å². The van der Waals surface area contributed by atoms with E-state index in [0.717, 1.165) is 24.4 Å². The lowest BCUT2D eigenvalue weighted by atomic mass is 10.2. The maximum absolute atomic E-state index is 5.45. The Bertz CT molecular complexity index is 257. The molecule has 0 aromatic carbocycles. The molecule has 1 rings (SSSR count). The summed E-state index contributed by atoms with van der Waals surface area (Å²) in [6.07, 6.45) is 4.57. The first-order chi connectivity index (χ1) is 6.72. The Morgan fingerprint density at radius 1 is 1.43 bits per heavy atom. The lowest BCUT2D eigenvalue weighted by Gasteiger charge is -2.11. The second-order valence-electron chi connectivity index (χ2n) is 3.51. The van der Waals surface area contributed by atoms with Crippen LogP contribution in [-0.4, -0.2) is 22.6 Å². The van der Waals surface area contributed by atoms with Crippen LogP contribution in [0.3, 0.4) is 0 Å². The van der Waals surface area contributed by atoms with Gasteiger partial charge in [0.15, 0.2) is 0 Å². The van der Waals surface area contributed by atoms with Crippen LogP contribution in [0.15, 0.2) is 12.4 Å². The van der Waals surface area contributed by atoms with Crippen LogP contribution < -0.4 is 11.1 Å². The number of nitrogens with zero attached hydrogens (tertiary/aromatic N) is 2. The molecule has 0 saturated heterocycles. The van der Waals surface area contributed by atoms with Gasteiger partial charge in [0.25, 0.3) is 0 Å². The van der Waals surface area contributed by atoms with Crippen LogP contribution in [0.4, 0.5) is 0 Å². The number of aromatic nitrogens is 2. The minimum atomic E-state index is 0.433. The molecule has 0 bridgehead atoms. The highest BCUT2D eigenvalue weighted by atomic mass is 14.9. The lowest BCUT2D eigenvalue weighted by molar-refractivity contribution is 0.514. The van der Waals surface area contributed by atoms with Crippen LogP contribution in [0.2, 0.25) is 0 Å². The van der Waals surface area contributed by atoms with E-state index in [-0.39, 0.29) is 0 Å². The van der Waals surface area contributed by atoms with Crippen molar-refractivity contribution in [3.63, 3.8) is 0 Å². The average molecular weight is 194 g/mol. The number of nitrogens with one attached hydrogen (secondary N) is 1. The first-order valence-electron chi connectivity index (χ1n) is 4.93. The molecule has 3 N–H and O–H groups in total. The molecular weight excluding hydrogens is 176 g/mol. The normalized spacial score (nSPS) is 12.8. The van der Waals surface area contributed by atoms with Crippen molar-refractivity contribution in [1.29, 1.82) is 0 Å². The maximum atomic E-state index is 5.45. The van der Waals surface area contributed by atoms with E-state index >= 15 is 0 Å². The molecule has 14 heavy (non-hydrogen) atoms. The predicted octanol–water partition coefficient (Wildman–Crippen LogP) is 0.612. The second-order valence-corrected chi connectivity index (χ2v) is 3.51. The fourth-order valence-electron chi connectivity index (χ4n) is 1.14. The van der Waals surface area contributed by atoms with Gasteiger partial charge in [0.2, 0.25) is 0 Å². The molecule has 4 nitrogen and oxygen atoms in total. The fraction of sp³-hybridized carbons (Fsp3) is 0.600. The van der Waals surface area contributed by atoms with Crippen molar-refractivity contribution in [1.82, 2.24) is 15.3 Å². The summed E-state index contributed by atoms with van der Waals surface area (Å²) in [7, 11) is 0. The molecule has 1 aromatic rings. The Labute approximate surface area is 85.0 Å². The molecule has 1 atom stereocenters. The minimum absolute atomic E-state index is 0.433. The number of aryl methyl sites for hydroxylation is 1. The van der Waals surface area contributed by atoms with Crippen molar-refractivity contribution < 1.29 is 0 Å². The average Bonchev–Trinajstić information content (AvgIpc) is 2.17. The molecule has 0 saturated carbocycles. The molecule has 4 heteroatoms. The first kappa shape index (κ1) is 11.1. The van der Waals surface area contributed by atoms with Crippen LogP contribution in [-0.2, 0) is 6.54 Å². The number of hydrogen-bond donors (Lipinski definition) is 2. The largest absolute Gasteiger partial charge is 0.330 e. The molecule has 0 aliphatic heterocycles. The fourth-order valence-corrected chi connectivity index (χ4v) is 1.14. The van der Waals surface area contributed by atoms with Gasteiger partial charge in [-0.3, -0.25) is 9.97 Å². The van der Waals surface area contributed by atoms with Crippen LogP contribution in [0.25, 0.3) is 0 Å². The summed E-state index contributed by atoms with van der Waals surface area (Å²) in [5.41, 5.74) is 7.37. The molecule has 1 unspecified atom stereocenters. The standard InChI is InChI=1S/C10H18N4/c1-8(3-4-11)12-6-10-7-13-9(2)5-14-10/h5,7-8,12H,3-4,6,11H2,1-2H3. The van der Waals surface area contributed by atoms with Crippen molar-refractivity contribution in [3.05, 3.63) is 23.8 Å². The van der Waals surface area contributed by atoms with Gasteiger partial charge in [-0.25, -0.2) is 0 Å². The summed E-state index contributed by atoms with van der Waals surface area (Å²) < 4.78 is 0. The zero-order valence-corrected chi connectivity index (χ0v) is 8.83. The van der Waals surface area contributed by atoms with Crippen molar-refractivity contribution in [2.24, 2.45) is 5.73 Å². The third kappa shape index (κ3) is 3.81. The molecular formula is C10H18N4. The molecule has 0 amide bonds. The molecule has 1 heterocycles. The van der Waals surface area contributed by atoms with Crippen LogP contribution in [0, 0.1) is 6.92 Å². The third-order valence-corrected chi connectivity index (χ3v) is 2.07. The molecule has 0 spiro atoms. The van der Waals surface area contributed by atoms with Crippen LogP contribution in [0.5, 0.6) is 0 Å². The van der Waals surface area contributed by atoms with Crippen molar-refractivity contribution in [2.75, 3.05) is 6.54 Å². The predicted molar refractivity (Wildman–Crippen MR) is 56.7 cm³/mol. The smallest absolute Gasteiger partial charge is 0.0724 e. The van der Waals surface area contributed by atoms with Gasteiger partial charge in [0.05, 0.1) is 11.4 Å². The van der Waals surface area contributed by atoms with E-state index in [0.29, 0.717) is 12.6 Å². The highest BCUT2D eigenvalue weighted by Crippen LogP contribution is 1.95. The SMILES string of the molecule is Cc1cnc(CNC(C)CCN)cn1. The molecule has 78 valence electrons. The van der Waals surface area contributed by atoms with E-state index in [1.54, 1.807) is 12.4 Å². The number of rotatable bonds is 5. The summed E-state index contributed by atoms with van der Waals surface area (Å²) in [5.74, 6) is 0. The summed E-state index contributed by atoms with van der Waals surface area (Å²) in [5, 5.41) is 3.34. The van der Waals surface area contributed by atoms with E-state index < -0.39 is 0 Å². The van der Waals surface area contributed by atoms with E-state index in [1.807, 2.05) is 6.92 Å². The van der Waals surface area contributed by atoms with E-state index in [9.17, 15) is 0 Å². The van der Waals surface area contributed by atoms with E-state index in [2.05, 4.69) is 22.2 Å². The summed E-state index contributed by atoms with van der Waals surface area (Å²) in [6.45, 7) is 5.53. The summed E-state index contributed by atoms with van der Waals surface area (Å²) >= 11 is 0. The van der Waals surface area contributed by atoms with Crippen LogP contribution >= 0.6 is 0 Å². The Morgan fingerprint density at radius 2 is 2.21 bits per heavy atom. The maximum Gasteiger partial charge on any atom is 0.0724 e. The lowest BCUT2D eigenvalue weighted by Crippen LogP contribution is -2.28. The topological polar surface area (TPSA) is 63.8 Å². The molecule has 0 fully saturated rings. The Hall–Kier alpha value is -1.00. The highest BCUT2D eigenvalue weighted by molar-refractivity contribution is 5.00. The highest BCUT2D eigenvalue weighted by Gasteiger charge is 2.00. The monoisotopic (exact) mass is 194 g/mol. The summed E-state index contributed by atoms with van der Waals surface area (Å²) in [6, 6.07) is 0.433. The van der Waals surface area contributed by atoms with Crippen molar-refractivity contribution in [2.45, 2.75) is 32.9 Å². The van der Waals surface area contributed by atoms with Crippen LogP contribution in [0.1, 0.15) is 24.7 Å². The molecule has 1 aromatic heterocycles. The minimum Gasteiger partial charge on any atom is -0.330 e. The van der Waals surface area contributed by atoms with E-state index in [1.165, 1.54) is 0 Å². The van der Waals surface area contributed by atoms with Crippen molar-refractivity contribution >= 4 is 0 Å². The van der Waals surface area contributed by atoms with E-state index in [4.69, 9.17) is 5.73 Å². The van der Waals surface area contributed by atoms with Gasteiger partial charge in [-0.15, -0.1) is 0 Å². The third-order valence-electron chi connectivity index (χ3n) is 2.07. The Kier molecular flexibility index (Phi) is 4.49. The van der Waals surface area contributed by atoms with Gasteiger partial charge in [-0.2, -0.15) is 0 Å². The van der Waals surface area contributed by atoms with Gasteiger partial charge in [-0.1, -0.05) is 0 Å². The molecule has 0 aliphatic rings.